The Bertz CT molecular complexity index is 1660. The molecule has 0 spiro atoms. The van der Waals surface area contributed by atoms with Gasteiger partial charge in [-0.2, -0.15) is 0 Å². The number of benzene rings is 3. The van der Waals surface area contributed by atoms with Crippen LogP contribution < -0.4 is 23.7 Å². The maximum absolute atomic E-state index is 13.5. The lowest BCUT2D eigenvalue weighted by Gasteiger charge is -2.27. The minimum absolute atomic E-state index is 0.0753. The molecule has 0 fully saturated rings. The molecule has 0 radical (unpaired) electrons. The van der Waals surface area contributed by atoms with Crippen LogP contribution in [0.3, 0.4) is 0 Å². The van der Waals surface area contributed by atoms with Gasteiger partial charge < -0.3 is 28.3 Å². The fraction of sp³-hybridized carbons (Fsp3) is 0.200. The van der Waals surface area contributed by atoms with E-state index in [2.05, 4.69) is 0 Å². The standard InChI is InChI=1S/C30H25NO7/c1-31-15-16(21-12-17(34-2)6-9-23(21)31)11-26-29(33)20-8-10-24-28(30(20)38-26)22(14-27(32)37-24)19-7-5-18(35-3)13-25(19)36-4/h5-13,15,22H,14H2,1-4H3/b26-11-/t22-/m0/s1. The Morgan fingerprint density at radius 2 is 1.68 bits per heavy atom. The third-order valence-corrected chi connectivity index (χ3v) is 7.11. The van der Waals surface area contributed by atoms with Gasteiger partial charge in [0.2, 0.25) is 5.78 Å². The fourth-order valence-corrected chi connectivity index (χ4v) is 5.26. The van der Waals surface area contributed by atoms with E-state index in [0.29, 0.717) is 34.1 Å². The summed E-state index contributed by atoms with van der Waals surface area (Å²) in [6.07, 6.45) is 3.76. The van der Waals surface area contributed by atoms with Crippen LogP contribution in [0.4, 0.5) is 0 Å². The van der Waals surface area contributed by atoms with Gasteiger partial charge in [0, 0.05) is 52.8 Å². The summed E-state index contributed by atoms with van der Waals surface area (Å²) in [4.78, 5) is 26.1. The number of hydrogen-bond acceptors (Lipinski definition) is 7. The van der Waals surface area contributed by atoms with E-state index in [1.807, 2.05) is 48.1 Å². The highest BCUT2D eigenvalue weighted by atomic mass is 16.5. The van der Waals surface area contributed by atoms with Crippen molar-refractivity contribution >= 4 is 28.7 Å². The Labute approximate surface area is 218 Å². The molecule has 6 rings (SSSR count). The molecule has 0 saturated heterocycles. The predicted octanol–water partition coefficient (Wildman–Crippen LogP) is 5.26. The van der Waals surface area contributed by atoms with E-state index in [4.69, 9.17) is 23.7 Å². The number of nitrogens with zero attached hydrogens (tertiary/aromatic N) is 1. The molecule has 4 aromatic rings. The molecule has 0 saturated carbocycles. The first-order valence-electron chi connectivity index (χ1n) is 12.1. The second-order valence-corrected chi connectivity index (χ2v) is 9.21. The number of aryl methyl sites for hydroxylation is 1. The number of carbonyl (C=O) groups is 2. The van der Waals surface area contributed by atoms with Crippen molar-refractivity contribution in [1.29, 1.82) is 0 Å². The molecular weight excluding hydrogens is 486 g/mol. The van der Waals surface area contributed by atoms with Crippen LogP contribution in [0.1, 0.15) is 39.4 Å². The molecule has 8 nitrogen and oxygen atoms in total. The molecule has 0 aliphatic carbocycles. The van der Waals surface area contributed by atoms with E-state index in [9.17, 15) is 9.59 Å². The molecule has 192 valence electrons. The van der Waals surface area contributed by atoms with E-state index in [1.54, 1.807) is 45.6 Å². The average Bonchev–Trinajstić information content (AvgIpc) is 3.42. The molecule has 0 N–H and O–H groups in total. The van der Waals surface area contributed by atoms with E-state index in [-0.39, 0.29) is 23.9 Å². The number of methoxy groups -OCH3 is 3. The van der Waals surface area contributed by atoms with Gasteiger partial charge in [0.25, 0.3) is 0 Å². The highest BCUT2D eigenvalue weighted by Crippen LogP contribution is 2.51. The number of allylic oxidation sites excluding steroid dienone is 1. The molecule has 1 atom stereocenters. The van der Waals surface area contributed by atoms with Crippen LogP contribution in [0.15, 0.2) is 60.5 Å². The van der Waals surface area contributed by atoms with E-state index < -0.39 is 5.92 Å². The summed E-state index contributed by atoms with van der Waals surface area (Å²) < 4.78 is 30.2. The number of fused-ring (bicyclic) bond motifs is 4. The van der Waals surface area contributed by atoms with Crippen molar-refractivity contribution < 1.29 is 33.3 Å². The maximum Gasteiger partial charge on any atom is 0.312 e. The second-order valence-electron chi connectivity index (χ2n) is 9.21. The van der Waals surface area contributed by atoms with Crippen molar-refractivity contribution in [2.24, 2.45) is 7.05 Å². The van der Waals surface area contributed by atoms with Gasteiger partial charge in [0.15, 0.2) is 5.76 Å². The quantitative estimate of drug-likeness (QED) is 0.205. The lowest BCUT2D eigenvalue weighted by atomic mass is 9.84. The first-order chi connectivity index (χ1) is 18.4. The fourth-order valence-electron chi connectivity index (χ4n) is 5.26. The van der Waals surface area contributed by atoms with Crippen LogP contribution in [-0.4, -0.2) is 37.6 Å². The maximum atomic E-state index is 13.5. The van der Waals surface area contributed by atoms with Gasteiger partial charge in [-0.15, -0.1) is 0 Å². The third-order valence-electron chi connectivity index (χ3n) is 7.11. The average molecular weight is 512 g/mol. The number of rotatable bonds is 5. The zero-order valence-corrected chi connectivity index (χ0v) is 21.4. The Morgan fingerprint density at radius 1 is 0.921 bits per heavy atom. The Kier molecular flexibility index (Phi) is 5.60. The number of ketones is 1. The van der Waals surface area contributed by atoms with Crippen molar-refractivity contribution in [3.05, 3.63) is 82.7 Å². The molecule has 0 bridgehead atoms. The Balaban J connectivity index is 1.47. The lowest BCUT2D eigenvalue weighted by Crippen LogP contribution is -2.22. The van der Waals surface area contributed by atoms with Crippen molar-refractivity contribution in [1.82, 2.24) is 4.57 Å². The molecule has 3 aromatic carbocycles. The first kappa shape index (κ1) is 23.7. The monoisotopic (exact) mass is 511 g/mol. The van der Waals surface area contributed by atoms with Gasteiger partial charge in [-0.1, -0.05) is 6.07 Å². The van der Waals surface area contributed by atoms with Crippen LogP contribution in [0.5, 0.6) is 28.7 Å². The highest BCUT2D eigenvalue weighted by Gasteiger charge is 2.39. The van der Waals surface area contributed by atoms with Crippen molar-refractivity contribution in [2.75, 3.05) is 21.3 Å². The third kappa shape index (κ3) is 3.68. The molecule has 1 aromatic heterocycles. The smallest absolute Gasteiger partial charge is 0.312 e. The number of carbonyl (C=O) groups excluding carboxylic acids is 2. The van der Waals surface area contributed by atoms with Crippen molar-refractivity contribution in [3.8, 4) is 28.7 Å². The van der Waals surface area contributed by atoms with E-state index in [0.717, 1.165) is 27.8 Å². The number of Topliss-reactive ketones (excluding diaryl/α,β-unsaturated/α-hetero) is 1. The molecule has 2 aliphatic heterocycles. The summed E-state index contributed by atoms with van der Waals surface area (Å²) in [5, 5.41) is 0.934. The van der Waals surface area contributed by atoms with Crippen molar-refractivity contribution in [3.63, 3.8) is 0 Å². The van der Waals surface area contributed by atoms with Crippen molar-refractivity contribution in [2.45, 2.75) is 12.3 Å². The minimum Gasteiger partial charge on any atom is -0.497 e. The summed E-state index contributed by atoms with van der Waals surface area (Å²) in [6, 6.07) is 14.5. The van der Waals surface area contributed by atoms with Crippen LogP contribution in [0.25, 0.3) is 17.0 Å². The highest BCUT2D eigenvalue weighted by molar-refractivity contribution is 6.15. The van der Waals surface area contributed by atoms with Gasteiger partial charge in [-0.25, -0.2) is 0 Å². The minimum atomic E-state index is -0.434. The molecule has 8 heteroatoms. The van der Waals surface area contributed by atoms with Gasteiger partial charge in [0.1, 0.15) is 28.7 Å². The summed E-state index contributed by atoms with van der Waals surface area (Å²) in [6.45, 7) is 0. The van der Waals surface area contributed by atoms with Gasteiger partial charge >= 0.3 is 5.97 Å². The van der Waals surface area contributed by atoms with Crippen LogP contribution in [-0.2, 0) is 11.8 Å². The molecule has 0 unspecified atom stereocenters. The summed E-state index contributed by atoms with van der Waals surface area (Å²) >= 11 is 0. The molecule has 0 amide bonds. The Morgan fingerprint density at radius 3 is 2.45 bits per heavy atom. The topological polar surface area (TPSA) is 85.2 Å². The SMILES string of the molecule is COc1ccc([C@@H]2CC(=O)Oc3ccc4c(c32)O/C(=C\c2cn(C)c3ccc(OC)cc23)C4=O)c(OC)c1. The van der Waals surface area contributed by atoms with E-state index in [1.165, 1.54) is 0 Å². The Hall–Kier alpha value is -4.72. The normalized spacial score (nSPS) is 17.2. The van der Waals surface area contributed by atoms with E-state index >= 15 is 0 Å². The molecule has 3 heterocycles. The second kappa shape index (κ2) is 8.99. The van der Waals surface area contributed by atoms with Gasteiger partial charge in [-0.3, -0.25) is 9.59 Å². The first-order valence-corrected chi connectivity index (χ1v) is 12.1. The van der Waals surface area contributed by atoms with Crippen LogP contribution in [0, 0.1) is 0 Å². The predicted molar refractivity (Wildman–Crippen MR) is 140 cm³/mol. The number of esters is 1. The van der Waals surface area contributed by atoms with Gasteiger partial charge in [0.05, 0.1) is 33.3 Å². The zero-order valence-electron chi connectivity index (χ0n) is 21.4. The largest absolute Gasteiger partial charge is 0.497 e. The molecular formula is C30H25NO7. The lowest BCUT2D eigenvalue weighted by molar-refractivity contribution is -0.135. The summed E-state index contributed by atoms with van der Waals surface area (Å²) in [5.74, 6) is 1.83. The molecule has 38 heavy (non-hydrogen) atoms. The van der Waals surface area contributed by atoms with Crippen LogP contribution >= 0.6 is 0 Å². The number of ether oxygens (including phenoxy) is 5. The number of aromatic nitrogens is 1. The summed E-state index contributed by atoms with van der Waals surface area (Å²) in [5.41, 5.74) is 3.65. The van der Waals surface area contributed by atoms with Crippen LogP contribution in [0.2, 0.25) is 0 Å². The zero-order chi connectivity index (χ0) is 26.6. The van der Waals surface area contributed by atoms with Gasteiger partial charge in [-0.05, 0) is 42.5 Å². The number of hydrogen-bond donors (Lipinski definition) is 0. The molecule has 2 aliphatic rings. The summed E-state index contributed by atoms with van der Waals surface area (Å²) in [7, 11) is 6.71.